The van der Waals surface area contributed by atoms with Crippen molar-refractivity contribution in [1.29, 1.82) is 0 Å². The molecule has 0 radical (unpaired) electrons. The highest BCUT2D eigenvalue weighted by Gasteiger charge is 2.29. The first-order valence-electron chi connectivity index (χ1n) is 9.48. The second-order valence-electron chi connectivity index (χ2n) is 6.87. The number of anilines is 1. The van der Waals surface area contributed by atoms with Crippen LogP contribution in [0.1, 0.15) is 6.42 Å². The molecular weight excluding hydrogens is 414 g/mol. The maximum Gasteiger partial charge on any atom is 0.252 e. The van der Waals surface area contributed by atoms with E-state index in [2.05, 4.69) is 5.32 Å². The zero-order chi connectivity index (χ0) is 20.3. The Balaban J connectivity index is 1.30. The minimum atomic E-state index is -3.43. The van der Waals surface area contributed by atoms with Crippen molar-refractivity contribution in [2.24, 2.45) is 0 Å². The van der Waals surface area contributed by atoms with Crippen molar-refractivity contribution in [3.8, 4) is 11.5 Å². The maximum atomic E-state index is 12.6. The first-order chi connectivity index (χ1) is 14.0. The highest BCUT2D eigenvalue weighted by Crippen LogP contribution is 2.32. The largest absolute Gasteiger partial charge is 0.490 e. The standard InChI is InChI=1S/C19H23N3O5S2/c23-18(20-15-4-5-16-17(13-15)27-11-2-10-26-16)14-21-6-8-22(9-7-21)29(24,25)19-3-1-12-28-19/h1,3-5,12-13H,2,6-11,14H2,(H,20,23). The van der Waals surface area contributed by atoms with Crippen LogP contribution in [0, 0.1) is 0 Å². The number of carbonyl (C=O) groups excluding carboxylic acids is 1. The number of nitrogens with zero attached hydrogens (tertiary/aromatic N) is 2. The molecule has 8 nitrogen and oxygen atoms in total. The van der Waals surface area contributed by atoms with Crippen molar-refractivity contribution in [2.45, 2.75) is 10.6 Å². The molecule has 0 bridgehead atoms. The molecular formula is C19H23N3O5S2. The van der Waals surface area contributed by atoms with Crippen molar-refractivity contribution < 1.29 is 22.7 Å². The Morgan fingerprint density at radius 2 is 1.83 bits per heavy atom. The number of carbonyl (C=O) groups is 1. The lowest BCUT2D eigenvalue weighted by atomic mass is 10.2. The lowest BCUT2D eigenvalue weighted by molar-refractivity contribution is -0.117. The molecule has 1 N–H and O–H groups in total. The summed E-state index contributed by atoms with van der Waals surface area (Å²) in [6.07, 6.45) is 0.824. The van der Waals surface area contributed by atoms with Gasteiger partial charge in [-0.3, -0.25) is 9.69 Å². The van der Waals surface area contributed by atoms with Crippen molar-refractivity contribution in [3.63, 3.8) is 0 Å². The fraction of sp³-hybridized carbons (Fsp3) is 0.421. The van der Waals surface area contributed by atoms with Crippen LogP contribution >= 0.6 is 11.3 Å². The Morgan fingerprint density at radius 3 is 2.55 bits per heavy atom. The summed E-state index contributed by atoms with van der Waals surface area (Å²) in [5.74, 6) is 1.17. The van der Waals surface area contributed by atoms with E-state index in [1.165, 1.54) is 15.6 Å². The molecule has 0 unspecified atom stereocenters. The summed E-state index contributed by atoms with van der Waals surface area (Å²) in [6, 6.07) is 8.71. The number of rotatable bonds is 5. The van der Waals surface area contributed by atoms with E-state index in [-0.39, 0.29) is 12.5 Å². The minimum Gasteiger partial charge on any atom is -0.490 e. The summed E-state index contributed by atoms with van der Waals surface area (Å²) < 4.78 is 38.2. The third kappa shape index (κ3) is 4.72. The molecule has 0 spiro atoms. The van der Waals surface area contributed by atoms with E-state index >= 15 is 0 Å². The van der Waals surface area contributed by atoms with E-state index in [4.69, 9.17) is 9.47 Å². The summed E-state index contributed by atoms with van der Waals surface area (Å²) in [7, 11) is -3.43. The van der Waals surface area contributed by atoms with Crippen LogP contribution in [0.25, 0.3) is 0 Å². The van der Waals surface area contributed by atoms with E-state index in [0.717, 1.165) is 6.42 Å². The first-order valence-corrected chi connectivity index (χ1v) is 11.8. The normalized spacial score (nSPS) is 18.2. The van der Waals surface area contributed by atoms with Gasteiger partial charge < -0.3 is 14.8 Å². The number of benzene rings is 1. The molecule has 1 amide bonds. The Kier molecular flexibility index (Phi) is 6.04. The number of fused-ring (bicyclic) bond motifs is 1. The molecule has 156 valence electrons. The van der Waals surface area contributed by atoms with Crippen LogP contribution < -0.4 is 14.8 Å². The van der Waals surface area contributed by atoms with Gasteiger partial charge in [0.05, 0.1) is 19.8 Å². The van der Waals surface area contributed by atoms with Gasteiger partial charge in [0, 0.05) is 44.4 Å². The predicted octanol–water partition coefficient (Wildman–Crippen LogP) is 1.85. The number of thiophene rings is 1. The molecule has 0 aliphatic carbocycles. The quantitative estimate of drug-likeness (QED) is 0.768. The zero-order valence-corrected chi connectivity index (χ0v) is 17.5. The summed E-state index contributed by atoms with van der Waals surface area (Å²) in [5, 5.41) is 4.63. The molecule has 1 fully saturated rings. The molecule has 0 saturated carbocycles. The summed E-state index contributed by atoms with van der Waals surface area (Å²) in [4.78, 5) is 14.4. The van der Waals surface area contributed by atoms with Gasteiger partial charge in [-0.05, 0) is 23.6 Å². The smallest absolute Gasteiger partial charge is 0.252 e. The molecule has 10 heteroatoms. The van der Waals surface area contributed by atoms with Gasteiger partial charge in [0.15, 0.2) is 11.5 Å². The van der Waals surface area contributed by atoms with Crippen molar-refractivity contribution in [3.05, 3.63) is 35.7 Å². The number of sulfonamides is 1. The third-order valence-electron chi connectivity index (χ3n) is 4.82. The number of hydrogen-bond acceptors (Lipinski definition) is 7. The molecule has 1 aromatic carbocycles. The predicted molar refractivity (Wildman–Crippen MR) is 110 cm³/mol. The van der Waals surface area contributed by atoms with Crippen LogP contribution in [0.2, 0.25) is 0 Å². The Hall–Kier alpha value is -2.14. The third-order valence-corrected chi connectivity index (χ3v) is 8.09. The number of piperazine rings is 1. The van der Waals surface area contributed by atoms with E-state index in [0.29, 0.717) is 60.8 Å². The van der Waals surface area contributed by atoms with Crippen LogP contribution in [0.15, 0.2) is 39.9 Å². The molecule has 3 heterocycles. The summed E-state index contributed by atoms with van der Waals surface area (Å²) in [6.45, 7) is 3.19. The number of amides is 1. The number of hydrogen-bond donors (Lipinski definition) is 1. The molecule has 1 saturated heterocycles. The van der Waals surface area contributed by atoms with Crippen LogP contribution in [-0.4, -0.2) is 69.5 Å². The lowest BCUT2D eigenvalue weighted by Gasteiger charge is -2.33. The first kappa shape index (κ1) is 20.1. The van der Waals surface area contributed by atoms with Crippen LogP contribution in [0.5, 0.6) is 11.5 Å². The average molecular weight is 438 g/mol. The topological polar surface area (TPSA) is 88.2 Å². The van der Waals surface area contributed by atoms with Crippen LogP contribution in [-0.2, 0) is 14.8 Å². The van der Waals surface area contributed by atoms with Gasteiger partial charge in [-0.15, -0.1) is 11.3 Å². The van der Waals surface area contributed by atoms with Crippen molar-refractivity contribution >= 4 is 33.0 Å². The fourth-order valence-corrected chi connectivity index (χ4v) is 5.88. The Bertz CT molecular complexity index is 954. The van der Waals surface area contributed by atoms with Crippen molar-refractivity contribution in [1.82, 2.24) is 9.21 Å². The van der Waals surface area contributed by atoms with Crippen molar-refractivity contribution in [2.75, 3.05) is 51.3 Å². The number of nitrogens with one attached hydrogen (secondary N) is 1. The van der Waals surface area contributed by atoms with Gasteiger partial charge >= 0.3 is 0 Å². The highest BCUT2D eigenvalue weighted by atomic mass is 32.2. The monoisotopic (exact) mass is 437 g/mol. The average Bonchev–Trinajstić information content (AvgIpc) is 3.16. The minimum absolute atomic E-state index is 0.144. The van der Waals surface area contributed by atoms with Gasteiger partial charge in [-0.25, -0.2) is 8.42 Å². The lowest BCUT2D eigenvalue weighted by Crippen LogP contribution is -2.50. The summed E-state index contributed by atoms with van der Waals surface area (Å²) >= 11 is 1.22. The molecule has 2 aliphatic rings. The van der Waals surface area contributed by atoms with Gasteiger partial charge in [-0.2, -0.15) is 4.31 Å². The van der Waals surface area contributed by atoms with Crippen LogP contribution in [0.3, 0.4) is 0 Å². The SMILES string of the molecule is O=C(CN1CCN(S(=O)(=O)c2cccs2)CC1)Nc1ccc2c(c1)OCCCO2. The molecule has 0 atom stereocenters. The fourth-order valence-electron chi connectivity index (χ4n) is 3.31. The van der Waals surface area contributed by atoms with Gasteiger partial charge in [0.25, 0.3) is 10.0 Å². The molecule has 1 aromatic heterocycles. The molecule has 4 rings (SSSR count). The summed E-state index contributed by atoms with van der Waals surface area (Å²) in [5.41, 5.74) is 0.651. The highest BCUT2D eigenvalue weighted by molar-refractivity contribution is 7.91. The van der Waals surface area contributed by atoms with Crippen LogP contribution in [0.4, 0.5) is 5.69 Å². The Morgan fingerprint density at radius 1 is 1.07 bits per heavy atom. The number of ether oxygens (including phenoxy) is 2. The zero-order valence-electron chi connectivity index (χ0n) is 15.9. The second-order valence-corrected chi connectivity index (χ2v) is 9.98. The molecule has 29 heavy (non-hydrogen) atoms. The Labute approximate surface area is 174 Å². The molecule has 2 aliphatic heterocycles. The van der Waals surface area contributed by atoms with E-state index in [1.807, 2.05) is 4.90 Å². The molecule has 2 aromatic rings. The van der Waals surface area contributed by atoms with Gasteiger partial charge in [0.2, 0.25) is 5.91 Å². The van der Waals surface area contributed by atoms with E-state index in [1.54, 1.807) is 35.7 Å². The second kappa shape index (κ2) is 8.70. The van der Waals surface area contributed by atoms with E-state index in [9.17, 15) is 13.2 Å². The van der Waals surface area contributed by atoms with E-state index < -0.39 is 10.0 Å². The maximum absolute atomic E-state index is 12.6. The van der Waals surface area contributed by atoms with Gasteiger partial charge in [0.1, 0.15) is 4.21 Å². The van der Waals surface area contributed by atoms with Gasteiger partial charge in [-0.1, -0.05) is 6.07 Å².